The molecule has 0 aliphatic heterocycles. The molecule has 7 aromatic heterocycles. The molecule has 0 atom stereocenters. The van der Waals surface area contributed by atoms with Gasteiger partial charge in [0.1, 0.15) is 22.3 Å². The SMILES string of the molecule is c1ccc(-c2nc(-c3ccccc3)nc(-c3cccc4oc5ccc(-c6ccc7c(c6)c6c8sc9cc(-c%10ccccc%10-c%10nc(-c%11ccccc%11)nc(-c%11cccc%12oc%13ccc(-c%14cccc(-c%15ccc%16c(c%15)c%15ccccc%15n%16-c%15ccccc%15)c%14)cc%13c%11%12)n%10)ccc9c8ccc6n7-c6ccccc6)cc5c34)n2)cc1. The van der Waals surface area contributed by atoms with E-state index in [0.717, 1.165) is 150 Å². The summed E-state index contributed by atoms with van der Waals surface area (Å²) < 4.78 is 20.6. The summed E-state index contributed by atoms with van der Waals surface area (Å²) in [5.41, 5.74) is 23.9. The normalized spacial score (nSPS) is 11.9. The molecule has 7 heterocycles. The van der Waals surface area contributed by atoms with Crippen LogP contribution in [0.15, 0.2) is 373 Å². The second kappa shape index (κ2) is 25.8. The van der Waals surface area contributed by atoms with Crippen LogP contribution in [0.25, 0.3) is 232 Å². The van der Waals surface area contributed by atoms with Gasteiger partial charge in [-0.15, -0.1) is 11.3 Å². The molecule has 0 spiro atoms. The zero-order chi connectivity index (χ0) is 74.2. The number of fused-ring (bicyclic) bond motifs is 16. The Hall–Kier alpha value is -15.0. The van der Waals surface area contributed by atoms with E-state index in [-0.39, 0.29) is 0 Å². The van der Waals surface area contributed by atoms with Crippen molar-refractivity contribution in [2.45, 2.75) is 0 Å². The molecule has 23 aromatic rings. The van der Waals surface area contributed by atoms with Crippen molar-refractivity contribution in [3.05, 3.63) is 364 Å². The van der Waals surface area contributed by atoms with Crippen molar-refractivity contribution in [3.63, 3.8) is 0 Å². The fourth-order valence-electron chi connectivity index (χ4n) is 17.0. The van der Waals surface area contributed by atoms with E-state index in [1.54, 1.807) is 0 Å². The van der Waals surface area contributed by atoms with Crippen molar-refractivity contribution in [1.29, 1.82) is 0 Å². The number of hydrogen-bond acceptors (Lipinski definition) is 9. The average molecular weight is 1460 g/mol. The van der Waals surface area contributed by atoms with Gasteiger partial charge in [0.2, 0.25) is 0 Å². The Balaban J connectivity index is 0.628. The number of benzene rings is 16. The molecule has 0 aliphatic rings. The van der Waals surface area contributed by atoms with Crippen LogP contribution in [-0.2, 0) is 0 Å². The summed E-state index contributed by atoms with van der Waals surface area (Å²) in [4.78, 5) is 31.6. The van der Waals surface area contributed by atoms with E-state index in [1.165, 1.54) is 47.4 Å². The Labute approximate surface area is 650 Å². The molecule has 0 aliphatic carbocycles. The van der Waals surface area contributed by atoms with Crippen LogP contribution < -0.4 is 0 Å². The van der Waals surface area contributed by atoms with Gasteiger partial charge >= 0.3 is 0 Å². The molecule has 0 N–H and O–H groups in total. The predicted molar refractivity (Wildman–Crippen MR) is 464 cm³/mol. The second-order valence-corrected chi connectivity index (χ2v) is 29.8. The molecule has 0 fully saturated rings. The van der Waals surface area contributed by atoms with Crippen LogP contribution in [-0.4, -0.2) is 39.0 Å². The van der Waals surface area contributed by atoms with Crippen LogP contribution in [0.2, 0.25) is 0 Å². The zero-order valence-corrected chi connectivity index (χ0v) is 61.3. The molecular weight excluding hydrogens is 1400 g/mol. The van der Waals surface area contributed by atoms with Crippen molar-refractivity contribution in [1.82, 2.24) is 39.0 Å². The molecule has 0 amide bonds. The largest absolute Gasteiger partial charge is 0.456 e. The Morgan fingerprint density at radius 1 is 0.204 bits per heavy atom. The van der Waals surface area contributed by atoms with E-state index in [4.69, 9.17) is 38.7 Å². The lowest BCUT2D eigenvalue weighted by atomic mass is 9.96. The van der Waals surface area contributed by atoms with Gasteiger partial charge in [-0.1, -0.05) is 255 Å². The fraction of sp³-hybridized carbons (Fsp3) is 0. The van der Waals surface area contributed by atoms with Gasteiger partial charge in [-0.2, -0.15) is 0 Å². The van der Waals surface area contributed by atoms with E-state index in [0.29, 0.717) is 34.9 Å². The molecule has 23 rings (SSSR count). The number of furan rings is 2. The highest BCUT2D eigenvalue weighted by atomic mass is 32.1. The lowest BCUT2D eigenvalue weighted by Gasteiger charge is -2.12. The van der Waals surface area contributed by atoms with Crippen LogP contribution in [0, 0.1) is 0 Å². The molecule has 10 nitrogen and oxygen atoms in total. The summed E-state index contributed by atoms with van der Waals surface area (Å²) in [5.74, 6) is 3.46. The van der Waals surface area contributed by atoms with Gasteiger partial charge in [-0.05, 0) is 154 Å². The fourth-order valence-corrected chi connectivity index (χ4v) is 18.3. The summed E-state index contributed by atoms with van der Waals surface area (Å²) in [5, 5.41) is 11.0. The minimum atomic E-state index is 0.548. The standard InChI is InChI=1S/C102H60N8O2S/c1-6-23-61(24-7-1)97-103-98(62-25-8-2-9-26-62)106-101(105-97)78-38-21-41-90-93(78)83-59-69(47-54-89(83)112-90)67-45-51-86-81(57-67)95-87(110(86)72-33-14-5-15-34-72)52-49-76-75-48-43-70(60-92(75)113-96(76)95)73-35-16-17-37-77(73)100-104-99(63-27-10-3-11-28-63)107-102(108-100)79-39-22-42-91-94(79)82-58-68(46-53-88(82)111-91)65-30-20-29-64(55-65)66-44-50-85-80(56-66)74-36-18-19-40-84(74)109(85)71-31-12-4-13-32-71/h1-60H. The van der Waals surface area contributed by atoms with E-state index in [1.807, 2.05) is 114 Å². The second-order valence-electron chi connectivity index (χ2n) is 28.8. The summed E-state index contributed by atoms with van der Waals surface area (Å²) in [6.07, 6.45) is 0. The molecule has 0 radical (unpaired) electrons. The van der Waals surface area contributed by atoms with Gasteiger partial charge in [0, 0.05) is 108 Å². The Morgan fingerprint density at radius 3 is 1.15 bits per heavy atom. The predicted octanol–water partition coefficient (Wildman–Crippen LogP) is 27.1. The summed E-state index contributed by atoms with van der Waals surface area (Å²) in [7, 11) is 0. The maximum Gasteiger partial charge on any atom is 0.164 e. The number of hydrogen-bond donors (Lipinski definition) is 0. The van der Waals surface area contributed by atoms with E-state index >= 15 is 0 Å². The van der Waals surface area contributed by atoms with Gasteiger partial charge in [-0.3, -0.25) is 0 Å². The Morgan fingerprint density at radius 2 is 0.584 bits per heavy atom. The maximum absolute atomic E-state index is 6.74. The molecule has 11 heteroatoms. The molecule has 0 unspecified atom stereocenters. The van der Waals surface area contributed by atoms with Crippen molar-refractivity contribution < 1.29 is 8.83 Å². The first kappa shape index (κ1) is 64.0. The quantitative estimate of drug-likeness (QED) is 0.119. The number of para-hydroxylation sites is 3. The third kappa shape index (κ3) is 10.6. The highest BCUT2D eigenvalue weighted by Gasteiger charge is 2.25. The summed E-state index contributed by atoms with van der Waals surface area (Å²) in [6.45, 7) is 0. The van der Waals surface area contributed by atoms with Crippen molar-refractivity contribution in [2.24, 2.45) is 0 Å². The molecule has 113 heavy (non-hydrogen) atoms. The highest BCUT2D eigenvalue weighted by Crippen LogP contribution is 2.48. The number of nitrogens with zero attached hydrogens (tertiary/aromatic N) is 8. The van der Waals surface area contributed by atoms with Crippen LogP contribution in [0.5, 0.6) is 0 Å². The summed E-state index contributed by atoms with van der Waals surface area (Å²) >= 11 is 1.84. The highest BCUT2D eigenvalue weighted by molar-refractivity contribution is 7.26. The zero-order valence-electron chi connectivity index (χ0n) is 60.4. The molecule has 0 saturated heterocycles. The molecule has 16 aromatic carbocycles. The van der Waals surface area contributed by atoms with Crippen LogP contribution in [0.4, 0.5) is 0 Å². The third-order valence-electron chi connectivity index (χ3n) is 22.2. The van der Waals surface area contributed by atoms with Gasteiger partial charge in [0.15, 0.2) is 34.9 Å². The summed E-state index contributed by atoms with van der Waals surface area (Å²) in [6, 6.07) is 128. The Kier molecular flexibility index (Phi) is 14.6. The number of thiophene rings is 1. The topological polar surface area (TPSA) is 113 Å². The van der Waals surface area contributed by atoms with Gasteiger partial charge in [0.05, 0.1) is 22.1 Å². The van der Waals surface area contributed by atoms with Gasteiger partial charge in [-0.25, -0.2) is 29.9 Å². The van der Waals surface area contributed by atoms with E-state index < -0.39 is 0 Å². The minimum absolute atomic E-state index is 0.548. The maximum atomic E-state index is 6.74. The van der Waals surface area contributed by atoms with Crippen LogP contribution >= 0.6 is 11.3 Å². The van der Waals surface area contributed by atoms with Gasteiger partial charge in [0.25, 0.3) is 0 Å². The first-order valence-electron chi connectivity index (χ1n) is 37.9. The van der Waals surface area contributed by atoms with Gasteiger partial charge < -0.3 is 18.0 Å². The van der Waals surface area contributed by atoms with Crippen molar-refractivity contribution in [2.75, 3.05) is 0 Å². The van der Waals surface area contributed by atoms with E-state index in [2.05, 4.69) is 270 Å². The Bertz CT molecular complexity index is 7740. The molecule has 526 valence electrons. The number of rotatable bonds is 12. The smallest absolute Gasteiger partial charge is 0.164 e. The first-order valence-corrected chi connectivity index (χ1v) is 38.7. The van der Waals surface area contributed by atoms with Crippen molar-refractivity contribution in [3.8, 4) is 124 Å². The molecular formula is C102H60N8O2S. The van der Waals surface area contributed by atoms with E-state index in [9.17, 15) is 0 Å². The molecule has 0 saturated carbocycles. The lowest BCUT2D eigenvalue weighted by Crippen LogP contribution is -2.01. The lowest BCUT2D eigenvalue weighted by molar-refractivity contribution is 0.668. The monoisotopic (exact) mass is 1460 g/mol. The molecule has 0 bridgehead atoms. The third-order valence-corrected chi connectivity index (χ3v) is 23.4. The first-order chi connectivity index (χ1) is 56.0. The van der Waals surface area contributed by atoms with Crippen molar-refractivity contribution >= 4 is 119 Å². The van der Waals surface area contributed by atoms with Crippen LogP contribution in [0.1, 0.15) is 0 Å². The van der Waals surface area contributed by atoms with Crippen LogP contribution in [0.3, 0.4) is 0 Å². The number of aromatic nitrogens is 8. The average Bonchev–Trinajstić information content (AvgIpc) is 1.56. The minimum Gasteiger partial charge on any atom is -0.456 e.